The fourth-order valence-electron chi connectivity index (χ4n) is 2.98. The summed E-state index contributed by atoms with van der Waals surface area (Å²) in [6.45, 7) is 1.94. The Morgan fingerprint density at radius 1 is 1.23 bits per heavy atom. The fourth-order valence-corrected chi connectivity index (χ4v) is 3.49. The molecule has 0 bridgehead atoms. The molecule has 1 fully saturated rings. The molecule has 0 aliphatic carbocycles. The van der Waals surface area contributed by atoms with Crippen LogP contribution in [0.2, 0.25) is 0 Å². The van der Waals surface area contributed by atoms with Crippen LogP contribution in [0, 0.1) is 11.3 Å². The van der Waals surface area contributed by atoms with E-state index >= 15 is 0 Å². The largest absolute Gasteiger partial charge is 0.483 e. The lowest BCUT2D eigenvalue weighted by molar-refractivity contribution is -0.138. The van der Waals surface area contributed by atoms with Gasteiger partial charge in [-0.2, -0.15) is 18.4 Å². The Kier molecular flexibility index (Phi) is 7.36. The Bertz CT molecular complexity index is 1030. The molecule has 5 nitrogen and oxygen atoms in total. The predicted molar refractivity (Wildman–Crippen MR) is 112 cm³/mol. The van der Waals surface area contributed by atoms with Gasteiger partial charge in [0, 0.05) is 13.1 Å². The molecule has 1 aliphatic heterocycles. The maximum absolute atomic E-state index is 13.0. The van der Waals surface area contributed by atoms with Crippen molar-refractivity contribution in [3.63, 3.8) is 0 Å². The minimum atomic E-state index is -4.49. The van der Waals surface area contributed by atoms with Crippen LogP contribution in [0.15, 0.2) is 46.9 Å². The summed E-state index contributed by atoms with van der Waals surface area (Å²) in [5.74, 6) is 0.298. The highest BCUT2D eigenvalue weighted by Crippen LogP contribution is 2.32. The standard InChI is InChI=1S/C22H18BrF3N2O3/c23-19-11-15(4-5-20(19)31-14-21(29)28-6-8-30-9-7-28)10-17(13-27)16-2-1-3-18(12-16)22(24,25)26/h1-5,10-12H,6-9,14H2/b17-10-. The van der Waals surface area contributed by atoms with E-state index in [1.54, 1.807) is 23.1 Å². The average Bonchev–Trinajstić information content (AvgIpc) is 2.76. The Labute approximate surface area is 185 Å². The molecule has 1 heterocycles. The third-order valence-electron chi connectivity index (χ3n) is 4.60. The second-order valence-electron chi connectivity index (χ2n) is 6.72. The molecule has 1 saturated heterocycles. The van der Waals surface area contributed by atoms with E-state index in [-0.39, 0.29) is 23.7 Å². The van der Waals surface area contributed by atoms with Crippen LogP contribution >= 0.6 is 15.9 Å². The summed E-state index contributed by atoms with van der Waals surface area (Å²) >= 11 is 3.37. The number of allylic oxidation sites excluding steroid dienone is 1. The second kappa shape index (κ2) is 9.98. The summed E-state index contributed by atoms with van der Waals surface area (Å²) in [5.41, 5.74) is 0.0350. The number of carbonyl (C=O) groups excluding carboxylic acids is 1. The number of nitriles is 1. The number of alkyl halides is 3. The molecule has 0 radical (unpaired) electrons. The van der Waals surface area contributed by atoms with Crippen LogP contribution in [0.5, 0.6) is 5.75 Å². The normalized spacial score (nSPS) is 14.8. The quantitative estimate of drug-likeness (QED) is 0.443. The highest BCUT2D eigenvalue weighted by molar-refractivity contribution is 9.10. The van der Waals surface area contributed by atoms with Crippen LogP contribution in [0.25, 0.3) is 11.6 Å². The zero-order chi connectivity index (χ0) is 22.4. The van der Waals surface area contributed by atoms with Gasteiger partial charge in [0.2, 0.25) is 0 Å². The number of morpholine rings is 1. The maximum atomic E-state index is 13.0. The van der Waals surface area contributed by atoms with Gasteiger partial charge in [-0.25, -0.2) is 0 Å². The monoisotopic (exact) mass is 494 g/mol. The summed E-state index contributed by atoms with van der Waals surface area (Å²) < 4.78 is 50.2. The summed E-state index contributed by atoms with van der Waals surface area (Å²) in [7, 11) is 0. The molecule has 0 spiro atoms. The molecule has 0 N–H and O–H groups in total. The van der Waals surface area contributed by atoms with E-state index in [9.17, 15) is 23.2 Å². The SMILES string of the molecule is N#C/C(=C/c1ccc(OCC(=O)N2CCOCC2)c(Br)c1)c1cccc(C(F)(F)F)c1. The van der Waals surface area contributed by atoms with E-state index in [1.165, 1.54) is 18.2 Å². The number of hydrogen-bond donors (Lipinski definition) is 0. The van der Waals surface area contributed by atoms with Crippen molar-refractivity contribution in [1.82, 2.24) is 4.90 Å². The molecule has 0 saturated carbocycles. The van der Waals surface area contributed by atoms with Crippen LogP contribution in [-0.4, -0.2) is 43.7 Å². The van der Waals surface area contributed by atoms with Gasteiger partial charge >= 0.3 is 6.18 Å². The van der Waals surface area contributed by atoms with Gasteiger partial charge in [0.15, 0.2) is 6.61 Å². The van der Waals surface area contributed by atoms with Crippen LogP contribution in [0.3, 0.4) is 0 Å². The van der Waals surface area contributed by atoms with E-state index < -0.39 is 11.7 Å². The fraction of sp³-hybridized carbons (Fsp3) is 0.273. The van der Waals surface area contributed by atoms with E-state index in [0.29, 0.717) is 42.1 Å². The van der Waals surface area contributed by atoms with Crippen LogP contribution < -0.4 is 4.74 Å². The van der Waals surface area contributed by atoms with Crippen molar-refractivity contribution in [2.75, 3.05) is 32.9 Å². The van der Waals surface area contributed by atoms with Crippen LogP contribution in [-0.2, 0) is 15.7 Å². The lowest BCUT2D eigenvalue weighted by Crippen LogP contribution is -2.43. The third-order valence-corrected chi connectivity index (χ3v) is 5.22. The predicted octanol–water partition coefficient (Wildman–Crippen LogP) is 4.77. The van der Waals surface area contributed by atoms with Gasteiger partial charge in [0.05, 0.1) is 34.9 Å². The third kappa shape index (κ3) is 6.09. The molecular weight excluding hydrogens is 477 g/mol. The molecule has 9 heteroatoms. The number of nitrogens with zero attached hydrogens (tertiary/aromatic N) is 2. The summed E-state index contributed by atoms with van der Waals surface area (Å²) in [4.78, 5) is 13.9. The number of ether oxygens (including phenoxy) is 2. The first kappa shape index (κ1) is 22.8. The maximum Gasteiger partial charge on any atom is 0.416 e. The number of amides is 1. The lowest BCUT2D eigenvalue weighted by atomic mass is 10.0. The van der Waals surface area contributed by atoms with Gasteiger partial charge in [-0.05, 0) is 57.4 Å². The molecular formula is C22H18BrF3N2O3. The molecule has 1 amide bonds. The van der Waals surface area contributed by atoms with E-state index in [4.69, 9.17) is 9.47 Å². The molecule has 3 rings (SSSR count). The van der Waals surface area contributed by atoms with Crippen molar-refractivity contribution in [3.8, 4) is 11.8 Å². The first-order valence-corrected chi connectivity index (χ1v) is 10.1. The Morgan fingerprint density at radius 3 is 2.61 bits per heavy atom. The van der Waals surface area contributed by atoms with Gasteiger partial charge in [0.25, 0.3) is 5.91 Å². The second-order valence-corrected chi connectivity index (χ2v) is 7.57. The Morgan fingerprint density at radius 2 is 1.97 bits per heavy atom. The molecule has 162 valence electrons. The molecule has 0 unspecified atom stereocenters. The summed E-state index contributed by atoms with van der Waals surface area (Å²) in [6, 6.07) is 11.5. The highest BCUT2D eigenvalue weighted by atomic mass is 79.9. The first-order chi connectivity index (χ1) is 14.8. The molecule has 1 aliphatic rings. The molecule has 0 atom stereocenters. The van der Waals surface area contributed by atoms with Crippen molar-refractivity contribution >= 4 is 33.5 Å². The van der Waals surface area contributed by atoms with Gasteiger partial charge < -0.3 is 14.4 Å². The molecule has 2 aromatic carbocycles. The van der Waals surface area contributed by atoms with Crippen molar-refractivity contribution in [3.05, 3.63) is 63.6 Å². The number of halogens is 4. The van der Waals surface area contributed by atoms with E-state index in [2.05, 4.69) is 15.9 Å². The van der Waals surface area contributed by atoms with Crippen LogP contribution in [0.1, 0.15) is 16.7 Å². The number of carbonyl (C=O) groups is 1. The molecule has 0 aromatic heterocycles. The number of hydrogen-bond acceptors (Lipinski definition) is 4. The van der Waals surface area contributed by atoms with Gasteiger partial charge in [0.1, 0.15) is 5.75 Å². The average molecular weight is 495 g/mol. The van der Waals surface area contributed by atoms with Gasteiger partial charge in [-0.1, -0.05) is 18.2 Å². The summed E-state index contributed by atoms with van der Waals surface area (Å²) in [6.07, 6.45) is -3.00. The lowest BCUT2D eigenvalue weighted by Gasteiger charge is -2.26. The van der Waals surface area contributed by atoms with Crippen molar-refractivity contribution in [2.24, 2.45) is 0 Å². The van der Waals surface area contributed by atoms with Crippen molar-refractivity contribution < 1.29 is 27.4 Å². The Balaban J connectivity index is 1.73. The number of rotatable bonds is 5. The van der Waals surface area contributed by atoms with Crippen LogP contribution in [0.4, 0.5) is 13.2 Å². The Hall–Kier alpha value is -2.83. The topological polar surface area (TPSA) is 62.6 Å². The van der Waals surface area contributed by atoms with Gasteiger partial charge in [-0.15, -0.1) is 0 Å². The highest BCUT2D eigenvalue weighted by Gasteiger charge is 2.30. The van der Waals surface area contributed by atoms with Crippen molar-refractivity contribution in [1.29, 1.82) is 5.26 Å². The molecule has 31 heavy (non-hydrogen) atoms. The zero-order valence-electron chi connectivity index (χ0n) is 16.3. The smallest absolute Gasteiger partial charge is 0.416 e. The minimum Gasteiger partial charge on any atom is -0.483 e. The summed E-state index contributed by atoms with van der Waals surface area (Å²) in [5, 5.41) is 9.44. The minimum absolute atomic E-state index is 0.0918. The van der Waals surface area contributed by atoms with Crippen molar-refractivity contribution in [2.45, 2.75) is 6.18 Å². The van der Waals surface area contributed by atoms with E-state index in [0.717, 1.165) is 12.1 Å². The zero-order valence-corrected chi connectivity index (χ0v) is 17.9. The van der Waals surface area contributed by atoms with Gasteiger partial charge in [-0.3, -0.25) is 4.79 Å². The first-order valence-electron chi connectivity index (χ1n) is 9.35. The molecule has 2 aromatic rings. The van der Waals surface area contributed by atoms with E-state index in [1.807, 2.05) is 6.07 Å². The number of benzene rings is 2.